The van der Waals surface area contributed by atoms with E-state index in [0.717, 1.165) is 28.4 Å². The van der Waals surface area contributed by atoms with Gasteiger partial charge in [-0.05, 0) is 25.5 Å². The van der Waals surface area contributed by atoms with Crippen molar-refractivity contribution in [1.82, 2.24) is 10.4 Å². The van der Waals surface area contributed by atoms with Crippen molar-refractivity contribution >= 4 is 11.3 Å². The molecule has 0 saturated carbocycles. The molecule has 0 amide bonds. The van der Waals surface area contributed by atoms with Gasteiger partial charge in [-0.1, -0.05) is 0 Å². The lowest BCUT2D eigenvalue weighted by molar-refractivity contribution is 0.411. The van der Waals surface area contributed by atoms with Crippen molar-refractivity contribution in [3.05, 3.63) is 39.7 Å². The molecule has 0 fully saturated rings. The Balaban J connectivity index is 2.15. The van der Waals surface area contributed by atoms with E-state index in [1.54, 1.807) is 17.6 Å². The van der Waals surface area contributed by atoms with Crippen LogP contribution in [0, 0.1) is 13.8 Å². The fourth-order valence-electron chi connectivity index (χ4n) is 1.68. The second kappa shape index (κ2) is 4.78. The number of hydrogen-bond donors (Lipinski definition) is 2. The summed E-state index contributed by atoms with van der Waals surface area (Å²) in [5.74, 6) is 6.44. The van der Waals surface area contributed by atoms with Crippen molar-refractivity contribution in [2.45, 2.75) is 26.3 Å². The Hall–Kier alpha value is -1.17. The molecule has 16 heavy (non-hydrogen) atoms. The summed E-state index contributed by atoms with van der Waals surface area (Å²) in [7, 11) is 0. The van der Waals surface area contributed by atoms with Crippen LogP contribution in [0.5, 0.6) is 0 Å². The van der Waals surface area contributed by atoms with E-state index in [-0.39, 0.29) is 6.04 Å². The summed E-state index contributed by atoms with van der Waals surface area (Å²) in [6.45, 7) is 4.01. The highest BCUT2D eigenvalue weighted by Crippen LogP contribution is 2.22. The number of nitrogens with two attached hydrogens (primary N) is 1. The molecule has 0 radical (unpaired) electrons. The third-order valence-electron chi connectivity index (χ3n) is 2.50. The SMILES string of the molecule is Cc1nc(CC(NN)c2occc2C)cs1. The molecule has 4 nitrogen and oxygen atoms in total. The van der Waals surface area contributed by atoms with E-state index >= 15 is 0 Å². The van der Waals surface area contributed by atoms with Gasteiger partial charge in [-0.15, -0.1) is 11.3 Å². The van der Waals surface area contributed by atoms with Crippen LogP contribution in [0.3, 0.4) is 0 Å². The Kier molecular flexibility index (Phi) is 3.38. The topological polar surface area (TPSA) is 64.1 Å². The van der Waals surface area contributed by atoms with Gasteiger partial charge < -0.3 is 4.42 Å². The minimum atomic E-state index is -0.0171. The largest absolute Gasteiger partial charge is 0.467 e. The lowest BCUT2D eigenvalue weighted by Crippen LogP contribution is -2.29. The number of nitrogens with one attached hydrogen (secondary N) is 1. The highest BCUT2D eigenvalue weighted by atomic mass is 32.1. The molecule has 2 rings (SSSR count). The first-order valence-corrected chi connectivity index (χ1v) is 6.00. The highest BCUT2D eigenvalue weighted by Gasteiger charge is 2.17. The van der Waals surface area contributed by atoms with Gasteiger partial charge in [0.05, 0.1) is 23.0 Å². The molecule has 0 aromatic carbocycles. The summed E-state index contributed by atoms with van der Waals surface area (Å²) in [4.78, 5) is 4.42. The Morgan fingerprint density at radius 2 is 2.38 bits per heavy atom. The minimum Gasteiger partial charge on any atom is -0.467 e. The van der Waals surface area contributed by atoms with Gasteiger partial charge in [-0.3, -0.25) is 5.84 Å². The molecule has 0 spiro atoms. The quantitative estimate of drug-likeness (QED) is 0.631. The molecule has 0 aliphatic heterocycles. The average molecular weight is 237 g/mol. The Morgan fingerprint density at radius 1 is 1.56 bits per heavy atom. The summed E-state index contributed by atoms with van der Waals surface area (Å²) >= 11 is 1.65. The zero-order valence-electron chi connectivity index (χ0n) is 9.36. The van der Waals surface area contributed by atoms with E-state index < -0.39 is 0 Å². The smallest absolute Gasteiger partial charge is 0.125 e. The summed E-state index contributed by atoms with van der Waals surface area (Å²) < 4.78 is 5.43. The third-order valence-corrected chi connectivity index (χ3v) is 3.32. The third kappa shape index (κ3) is 2.32. The van der Waals surface area contributed by atoms with Gasteiger partial charge in [0, 0.05) is 11.8 Å². The summed E-state index contributed by atoms with van der Waals surface area (Å²) in [5, 5.41) is 3.12. The van der Waals surface area contributed by atoms with Gasteiger partial charge in [0.1, 0.15) is 5.76 Å². The normalized spacial score (nSPS) is 12.9. The molecule has 3 N–H and O–H groups in total. The fraction of sp³-hybridized carbons (Fsp3) is 0.364. The zero-order valence-corrected chi connectivity index (χ0v) is 10.2. The Bertz CT molecular complexity index is 463. The molecule has 2 heterocycles. The summed E-state index contributed by atoms with van der Waals surface area (Å²) in [6.07, 6.45) is 2.43. The molecule has 1 unspecified atom stereocenters. The molecule has 0 aliphatic rings. The van der Waals surface area contributed by atoms with Crippen molar-refractivity contribution < 1.29 is 4.42 Å². The van der Waals surface area contributed by atoms with Crippen LogP contribution < -0.4 is 11.3 Å². The van der Waals surface area contributed by atoms with Gasteiger partial charge in [0.25, 0.3) is 0 Å². The number of aromatic nitrogens is 1. The molecule has 2 aromatic heterocycles. The minimum absolute atomic E-state index is 0.0171. The van der Waals surface area contributed by atoms with Gasteiger partial charge in [0.2, 0.25) is 0 Å². The van der Waals surface area contributed by atoms with E-state index in [1.165, 1.54) is 0 Å². The van der Waals surface area contributed by atoms with Crippen LogP contribution in [0.4, 0.5) is 0 Å². The van der Waals surface area contributed by atoms with Gasteiger partial charge in [-0.2, -0.15) is 0 Å². The number of hydrazine groups is 1. The van der Waals surface area contributed by atoms with Gasteiger partial charge in [-0.25, -0.2) is 10.4 Å². The van der Waals surface area contributed by atoms with E-state index in [2.05, 4.69) is 15.8 Å². The summed E-state index contributed by atoms with van der Waals surface area (Å²) in [5.41, 5.74) is 4.92. The number of hydrogen-bond acceptors (Lipinski definition) is 5. The molecule has 0 bridgehead atoms. The molecule has 1 atom stereocenters. The van der Waals surface area contributed by atoms with Crippen LogP contribution in [0.2, 0.25) is 0 Å². The summed E-state index contributed by atoms with van der Waals surface area (Å²) in [6, 6.07) is 1.92. The van der Waals surface area contributed by atoms with E-state index in [4.69, 9.17) is 10.3 Å². The highest BCUT2D eigenvalue weighted by molar-refractivity contribution is 7.09. The Morgan fingerprint density at radius 3 is 2.88 bits per heavy atom. The fourth-order valence-corrected chi connectivity index (χ4v) is 2.31. The maximum atomic E-state index is 5.55. The molecular weight excluding hydrogens is 222 g/mol. The Labute approximate surface area is 98.5 Å². The first kappa shape index (κ1) is 11.3. The average Bonchev–Trinajstić information content (AvgIpc) is 2.84. The lowest BCUT2D eigenvalue weighted by atomic mass is 10.1. The predicted molar refractivity (Wildman–Crippen MR) is 64.1 cm³/mol. The van der Waals surface area contributed by atoms with Crippen LogP contribution in [0.1, 0.15) is 28.1 Å². The monoisotopic (exact) mass is 237 g/mol. The predicted octanol–water partition coefficient (Wildman–Crippen LogP) is 2.10. The van der Waals surface area contributed by atoms with Crippen molar-refractivity contribution in [1.29, 1.82) is 0 Å². The number of thiazole rings is 1. The van der Waals surface area contributed by atoms with Crippen LogP contribution in [0.25, 0.3) is 0 Å². The van der Waals surface area contributed by atoms with Gasteiger partial charge >= 0.3 is 0 Å². The number of furan rings is 1. The maximum Gasteiger partial charge on any atom is 0.125 e. The van der Waals surface area contributed by atoms with Crippen LogP contribution >= 0.6 is 11.3 Å². The second-order valence-electron chi connectivity index (χ2n) is 3.75. The molecule has 0 saturated heterocycles. The zero-order chi connectivity index (χ0) is 11.5. The van der Waals surface area contributed by atoms with E-state index in [9.17, 15) is 0 Å². The molecular formula is C11H15N3OS. The number of nitrogens with zero attached hydrogens (tertiary/aromatic N) is 1. The number of rotatable bonds is 4. The van der Waals surface area contributed by atoms with Gasteiger partial charge in [0.15, 0.2) is 0 Å². The van der Waals surface area contributed by atoms with Crippen molar-refractivity contribution in [3.63, 3.8) is 0 Å². The molecule has 5 heteroatoms. The second-order valence-corrected chi connectivity index (χ2v) is 4.81. The van der Waals surface area contributed by atoms with E-state index in [0.29, 0.717) is 0 Å². The standard InChI is InChI=1S/C11H15N3OS/c1-7-3-4-15-11(7)10(14-12)5-9-6-16-8(2)13-9/h3-4,6,10,14H,5,12H2,1-2H3. The van der Waals surface area contributed by atoms with Crippen molar-refractivity contribution in [2.24, 2.45) is 5.84 Å². The maximum absolute atomic E-state index is 5.55. The molecule has 2 aromatic rings. The van der Waals surface area contributed by atoms with Crippen molar-refractivity contribution in [3.8, 4) is 0 Å². The van der Waals surface area contributed by atoms with E-state index in [1.807, 2.05) is 19.9 Å². The first-order chi connectivity index (χ1) is 7.70. The van der Waals surface area contributed by atoms with Crippen LogP contribution in [-0.2, 0) is 6.42 Å². The van der Waals surface area contributed by atoms with Crippen LogP contribution in [-0.4, -0.2) is 4.98 Å². The number of aryl methyl sites for hydroxylation is 2. The van der Waals surface area contributed by atoms with Crippen molar-refractivity contribution in [2.75, 3.05) is 0 Å². The lowest BCUT2D eigenvalue weighted by Gasteiger charge is -2.12. The molecule has 0 aliphatic carbocycles. The first-order valence-electron chi connectivity index (χ1n) is 5.12. The van der Waals surface area contributed by atoms with Crippen LogP contribution in [0.15, 0.2) is 22.1 Å². The molecule has 86 valence electrons.